The van der Waals surface area contributed by atoms with Crippen LogP contribution in [0.1, 0.15) is 5.56 Å². The number of para-hydroxylation sites is 1. The van der Waals surface area contributed by atoms with Crippen LogP contribution in [0.5, 0.6) is 11.5 Å². The largest absolute Gasteiger partial charge is 0.504 e. The van der Waals surface area contributed by atoms with Crippen LogP contribution in [0.4, 0.5) is 0 Å². The number of hydrogen-bond donors (Lipinski definition) is 1. The van der Waals surface area contributed by atoms with Crippen molar-refractivity contribution in [3.8, 4) is 22.8 Å². The Kier molecular flexibility index (Phi) is 1.65. The lowest BCUT2D eigenvalue weighted by Gasteiger charge is -2.19. The van der Waals surface area contributed by atoms with Crippen molar-refractivity contribution in [3.63, 3.8) is 0 Å². The van der Waals surface area contributed by atoms with Crippen molar-refractivity contribution in [2.24, 2.45) is 0 Å². The highest BCUT2D eigenvalue weighted by Crippen LogP contribution is 2.41. The highest BCUT2D eigenvalue weighted by molar-refractivity contribution is 5.74. The predicted octanol–water partition coefficient (Wildman–Crippen LogP) is 2.35. The summed E-state index contributed by atoms with van der Waals surface area (Å²) in [6.07, 6.45) is 1.75. The Bertz CT molecular complexity index is 523. The summed E-state index contributed by atoms with van der Waals surface area (Å²) in [5.74, 6) is 0.701. The molecule has 15 heavy (non-hydrogen) atoms. The summed E-state index contributed by atoms with van der Waals surface area (Å²) in [6.45, 7) is 0.466. The molecule has 1 aliphatic heterocycles. The summed E-state index contributed by atoms with van der Waals surface area (Å²) in [4.78, 5) is 4.31. The van der Waals surface area contributed by atoms with Crippen LogP contribution in [0.25, 0.3) is 11.3 Å². The van der Waals surface area contributed by atoms with Crippen LogP contribution in [0.2, 0.25) is 0 Å². The number of ether oxygens (including phenoxy) is 1. The van der Waals surface area contributed by atoms with E-state index in [4.69, 9.17) is 4.74 Å². The van der Waals surface area contributed by atoms with Gasteiger partial charge in [0.2, 0.25) is 0 Å². The number of aromatic hydroxyl groups is 1. The number of hydrogen-bond acceptors (Lipinski definition) is 3. The number of pyridine rings is 1. The summed E-state index contributed by atoms with van der Waals surface area (Å²) in [5, 5.41) is 9.63. The first-order valence-corrected chi connectivity index (χ1v) is 4.75. The summed E-state index contributed by atoms with van der Waals surface area (Å²) in [5.41, 5.74) is 2.81. The number of fused-ring (bicyclic) bond motifs is 3. The molecule has 0 radical (unpaired) electrons. The molecule has 0 unspecified atom stereocenters. The van der Waals surface area contributed by atoms with Crippen molar-refractivity contribution < 1.29 is 9.84 Å². The van der Waals surface area contributed by atoms with Gasteiger partial charge in [-0.2, -0.15) is 0 Å². The fraction of sp³-hybridized carbons (Fsp3) is 0.0833. The van der Waals surface area contributed by atoms with Crippen molar-refractivity contribution in [3.05, 3.63) is 42.1 Å². The molecule has 1 aromatic carbocycles. The van der Waals surface area contributed by atoms with E-state index in [2.05, 4.69) is 4.98 Å². The van der Waals surface area contributed by atoms with Crippen molar-refractivity contribution >= 4 is 0 Å². The quantitative estimate of drug-likeness (QED) is 0.708. The molecule has 3 rings (SSSR count). The lowest BCUT2D eigenvalue weighted by Crippen LogP contribution is -2.06. The molecule has 2 aromatic rings. The van der Waals surface area contributed by atoms with Crippen LogP contribution < -0.4 is 4.74 Å². The van der Waals surface area contributed by atoms with Crippen molar-refractivity contribution in [1.82, 2.24) is 4.98 Å². The van der Waals surface area contributed by atoms with Crippen LogP contribution in [0.3, 0.4) is 0 Å². The second kappa shape index (κ2) is 2.98. The third kappa shape index (κ3) is 1.16. The van der Waals surface area contributed by atoms with Gasteiger partial charge in [0.25, 0.3) is 0 Å². The second-order valence-electron chi connectivity index (χ2n) is 3.45. The Morgan fingerprint density at radius 1 is 1.20 bits per heavy atom. The van der Waals surface area contributed by atoms with Crippen molar-refractivity contribution in [2.45, 2.75) is 6.61 Å². The van der Waals surface area contributed by atoms with E-state index in [1.165, 1.54) is 0 Å². The molecule has 0 fully saturated rings. The molecule has 3 heteroatoms. The predicted molar refractivity (Wildman–Crippen MR) is 55.7 cm³/mol. The first-order valence-electron chi connectivity index (χ1n) is 4.75. The van der Waals surface area contributed by atoms with E-state index in [-0.39, 0.29) is 5.75 Å². The van der Waals surface area contributed by atoms with E-state index >= 15 is 0 Å². The third-order valence-electron chi connectivity index (χ3n) is 2.51. The zero-order valence-corrected chi connectivity index (χ0v) is 7.97. The average molecular weight is 199 g/mol. The zero-order valence-electron chi connectivity index (χ0n) is 7.97. The molecule has 3 nitrogen and oxygen atoms in total. The minimum absolute atomic E-state index is 0.170. The normalized spacial score (nSPS) is 12.5. The van der Waals surface area contributed by atoms with Gasteiger partial charge in [0.15, 0.2) is 11.5 Å². The van der Waals surface area contributed by atoms with Crippen LogP contribution in [-0.4, -0.2) is 10.1 Å². The summed E-state index contributed by atoms with van der Waals surface area (Å²) in [7, 11) is 0. The first kappa shape index (κ1) is 8.29. The van der Waals surface area contributed by atoms with Gasteiger partial charge in [-0.15, -0.1) is 0 Å². The number of phenolic OH excluding ortho intramolecular Hbond substituents is 1. The third-order valence-corrected chi connectivity index (χ3v) is 2.51. The minimum Gasteiger partial charge on any atom is -0.504 e. The van der Waals surface area contributed by atoms with Crippen LogP contribution in [0.15, 0.2) is 36.5 Å². The summed E-state index contributed by atoms with van der Waals surface area (Å²) < 4.78 is 5.49. The fourth-order valence-corrected chi connectivity index (χ4v) is 1.81. The standard InChI is InChI=1S/C12H9NO2/c14-10-5-1-4-9-11-8(3-2-6-13-11)7-15-12(9)10/h1-6,14H,7H2. The van der Waals surface area contributed by atoms with Gasteiger partial charge in [-0.3, -0.25) is 4.98 Å². The maximum absolute atomic E-state index is 9.63. The molecule has 0 aliphatic carbocycles. The Morgan fingerprint density at radius 3 is 3.07 bits per heavy atom. The summed E-state index contributed by atoms with van der Waals surface area (Å²) >= 11 is 0. The van der Waals surface area contributed by atoms with Gasteiger partial charge in [-0.05, 0) is 18.2 Å². The monoisotopic (exact) mass is 199 g/mol. The average Bonchev–Trinajstić information content (AvgIpc) is 2.29. The topological polar surface area (TPSA) is 42.4 Å². The number of aromatic nitrogens is 1. The number of rotatable bonds is 0. The highest BCUT2D eigenvalue weighted by atomic mass is 16.5. The molecule has 74 valence electrons. The van der Waals surface area contributed by atoms with Crippen molar-refractivity contribution in [2.75, 3.05) is 0 Å². The summed E-state index contributed by atoms with van der Waals surface area (Å²) in [6, 6.07) is 9.18. The molecule has 2 heterocycles. The fourth-order valence-electron chi connectivity index (χ4n) is 1.81. The molecular weight excluding hydrogens is 190 g/mol. The second-order valence-corrected chi connectivity index (χ2v) is 3.45. The maximum Gasteiger partial charge on any atom is 0.170 e. The molecule has 1 aromatic heterocycles. The Morgan fingerprint density at radius 2 is 2.13 bits per heavy atom. The maximum atomic E-state index is 9.63. The molecule has 0 amide bonds. The lowest BCUT2D eigenvalue weighted by atomic mass is 10.0. The van der Waals surface area contributed by atoms with Crippen LogP contribution >= 0.6 is 0 Å². The van der Waals surface area contributed by atoms with E-state index in [0.29, 0.717) is 12.4 Å². The minimum atomic E-state index is 0.170. The SMILES string of the molecule is Oc1cccc2c1OCc1cccnc1-2. The Hall–Kier alpha value is -2.03. The van der Waals surface area contributed by atoms with Crippen LogP contribution in [-0.2, 0) is 6.61 Å². The number of benzene rings is 1. The van der Waals surface area contributed by atoms with E-state index in [1.807, 2.05) is 18.2 Å². The number of nitrogens with zero attached hydrogens (tertiary/aromatic N) is 1. The van der Waals surface area contributed by atoms with Gasteiger partial charge in [0.05, 0.1) is 5.69 Å². The Labute approximate surface area is 87.0 Å². The van der Waals surface area contributed by atoms with Gasteiger partial charge < -0.3 is 9.84 Å². The van der Waals surface area contributed by atoms with Gasteiger partial charge in [-0.1, -0.05) is 12.1 Å². The molecule has 1 aliphatic rings. The lowest BCUT2D eigenvalue weighted by molar-refractivity contribution is 0.285. The molecule has 0 saturated heterocycles. The number of phenols is 1. The molecule has 0 bridgehead atoms. The zero-order chi connectivity index (χ0) is 10.3. The van der Waals surface area contributed by atoms with Gasteiger partial charge in [0.1, 0.15) is 6.61 Å². The van der Waals surface area contributed by atoms with E-state index in [9.17, 15) is 5.11 Å². The molecular formula is C12H9NO2. The molecule has 0 spiro atoms. The van der Waals surface area contributed by atoms with E-state index < -0.39 is 0 Å². The highest BCUT2D eigenvalue weighted by Gasteiger charge is 2.20. The Balaban J connectivity index is 2.30. The molecule has 1 N–H and O–H groups in total. The molecule has 0 atom stereocenters. The van der Waals surface area contributed by atoms with Gasteiger partial charge in [0, 0.05) is 17.3 Å². The van der Waals surface area contributed by atoms with E-state index in [1.54, 1.807) is 18.3 Å². The first-order chi connectivity index (χ1) is 7.36. The van der Waals surface area contributed by atoms with Gasteiger partial charge in [-0.25, -0.2) is 0 Å². The van der Waals surface area contributed by atoms with Crippen LogP contribution in [0, 0.1) is 0 Å². The van der Waals surface area contributed by atoms with Crippen molar-refractivity contribution in [1.29, 1.82) is 0 Å². The van der Waals surface area contributed by atoms with Gasteiger partial charge >= 0.3 is 0 Å². The smallest absolute Gasteiger partial charge is 0.170 e. The van der Waals surface area contributed by atoms with E-state index in [0.717, 1.165) is 16.8 Å². The molecule has 0 saturated carbocycles.